The lowest BCUT2D eigenvalue weighted by molar-refractivity contribution is 0.100. The quantitative estimate of drug-likeness (QED) is 0.451. The van der Waals surface area contributed by atoms with E-state index in [1.54, 1.807) is 17.4 Å². The highest BCUT2D eigenvalue weighted by Crippen LogP contribution is 2.40. The standard InChI is InChI=1S/C23H21N5OS/c1-13-18(15-8-5-9-16(21(24)29)20(15)30-13)22-27-17-10-11-25-19(17)23(28-22)26-12-14-6-3-2-4-7-14/h2-9,25H,10-12H2,1H3,(H2,24,29)(H,26,27,28). The van der Waals surface area contributed by atoms with E-state index in [-0.39, 0.29) is 0 Å². The van der Waals surface area contributed by atoms with Crippen LogP contribution in [0.5, 0.6) is 0 Å². The number of anilines is 2. The van der Waals surface area contributed by atoms with Crippen LogP contribution >= 0.6 is 11.3 Å². The lowest BCUT2D eigenvalue weighted by atomic mass is 10.1. The Hall–Kier alpha value is -3.45. The molecule has 1 amide bonds. The lowest BCUT2D eigenvalue weighted by Crippen LogP contribution is -2.10. The number of carbonyl (C=O) groups excluding carboxylic acids is 1. The van der Waals surface area contributed by atoms with Gasteiger partial charge in [0.2, 0.25) is 5.91 Å². The minimum atomic E-state index is -0.419. The monoisotopic (exact) mass is 415 g/mol. The molecule has 0 atom stereocenters. The number of nitrogens with one attached hydrogen (secondary N) is 2. The van der Waals surface area contributed by atoms with Gasteiger partial charge < -0.3 is 16.4 Å². The molecule has 3 heterocycles. The van der Waals surface area contributed by atoms with Gasteiger partial charge in [0, 0.05) is 40.0 Å². The van der Waals surface area contributed by atoms with Gasteiger partial charge in [-0.2, -0.15) is 0 Å². The number of thiophene rings is 1. The summed E-state index contributed by atoms with van der Waals surface area (Å²) in [7, 11) is 0. The van der Waals surface area contributed by atoms with E-state index >= 15 is 0 Å². The summed E-state index contributed by atoms with van der Waals surface area (Å²) in [5.41, 5.74) is 10.3. The fourth-order valence-corrected chi connectivity index (χ4v) is 5.08. The molecule has 0 bridgehead atoms. The molecule has 1 aliphatic heterocycles. The second kappa shape index (κ2) is 7.42. The van der Waals surface area contributed by atoms with Crippen molar-refractivity contribution in [3.63, 3.8) is 0 Å². The van der Waals surface area contributed by atoms with Crippen LogP contribution in [0.4, 0.5) is 11.5 Å². The fraction of sp³-hybridized carbons (Fsp3) is 0.174. The molecule has 0 unspecified atom stereocenters. The third kappa shape index (κ3) is 3.17. The SMILES string of the molecule is Cc1sc2c(C(N)=O)cccc2c1-c1nc2c(c(NCc3ccccc3)n1)NCC2. The summed E-state index contributed by atoms with van der Waals surface area (Å²) in [6.45, 7) is 3.57. The summed E-state index contributed by atoms with van der Waals surface area (Å²) in [5.74, 6) is 1.07. The van der Waals surface area contributed by atoms with Gasteiger partial charge in [0.15, 0.2) is 11.6 Å². The first-order chi connectivity index (χ1) is 14.6. The smallest absolute Gasteiger partial charge is 0.250 e. The average Bonchev–Trinajstić information content (AvgIpc) is 3.35. The number of aryl methyl sites for hydroxylation is 1. The van der Waals surface area contributed by atoms with Crippen LogP contribution in [0.1, 0.15) is 26.5 Å². The average molecular weight is 416 g/mol. The highest BCUT2D eigenvalue weighted by atomic mass is 32.1. The van der Waals surface area contributed by atoms with Crippen molar-refractivity contribution in [1.29, 1.82) is 0 Å². The van der Waals surface area contributed by atoms with Crippen molar-refractivity contribution in [2.24, 2.45) is 5.73 Å². The number of rotatable bonds is 5. The van der Waals surface area contributed by atoms with Gasteiger partial charge in [-0.3, -0.25) is 4.79 Å². The van der Waals surface area contributed by atoms with Crippen LogP contribution in [0.3, 0.4) is 0 Å². The Morgan fingerprint density at radius 2 is 2.00 bits per heavy atom. The maximum atomic E-state index is 11.9. The van der Waals surface area contributed by atoms with Crippen molar-refractivity contribution >= 4 is 38.8 Å². The molecule has 0 saturated carbocycles. The van der Waals surface area contributed by atoms with Crippen LogP contribution < -0.4 is 16.4 Å². The molecule has 0 aliphatic carbocycles. The molecule has 0 radical (unpaired) electrons. The Morgan fingerprint density at radius 1 is 1.17 bits per heavy atom. The topological polar surface area (TPSA) is 92.9 Å². The number of hydrogen-bond donors (Lipinski definition) is 3. The molecule has 0 saturated heterocycles. The minimum absolute atomic E-state index is 0.419. The zero-order valence-corrected chi connectivity index (χ0v) is 17.3. The number of primary amides is 1. The van der Waals surface area contributed by atoms with Gasteiger partial charge in [0.25, 0.3) is 0 Å². The molecule has 5 rings (SSSR count). The van der Waals surface area contributed by atoms with Crippen LogP contribution in [0.2, 0.25) is 0 Å². The largest absolute Gasteiger partial charge is 0.380 e. The Balaban J connectivity index is 1.61. The first-order valence-corrected chi connectivity index (χ1v) is 10.7. The Labute approximate surface area is 178 Å². The second-order valence-electron chi connectivity index (χ2n) is 7.31. The number of nitrogens with two attached hydrogens (primary N) is 1. The van der Waals surface area contributed by atoms with E-state index in [0.717, 1.165) is 50.7 Å². The highest BCUT2D eigenvalue weighted by Gasteiger charge is 2.23. The van der Waals surface area contributed by atoms with Crippen molar-refractivity contribution in [1.82, 2.24) is 9.97 Å². The Morgan fingerprint density at radius 3 is 2.80 bits per heavy atom. The highest BCUT2D eigenvalue weighted by molar-refractivity contribution is 7.20. The number of amides is 1. The Kier molecular flexibility index (Phi) is 4.59. The third-order valence-corrected chi connectivity index (χ3v) is 6.49. The summed E-state index contributed by atoms with van der Waals surface area (Å²) in [6.07, 6.45) is 0.860. The van der Waals surface area contributed by atoms with Crippen molar-refractivity contribution in [3.05, 3.63) is 70.2 Å². The van der Waals surface area contributed by atoms with Crippen LogP contribution in [-0.2, 0) is 13.0 Å². The maximum Gasteiger partial charge on any atom is 0.250 e. The van der Waals surface area contributed by atoms with E-state index in [4.69, 9.17) is 15.7 Å². The third-order valence-electron chi connectivity index (χ3n) is 5.33. The summed E-state index contributed by atoms with van der Waals surface area (Å²) in [4.78, 5) is 22.7. The first kappa shape index (κ1) is 18.6. The molecule has 4 N–H and O–H groups in total. The van der Waals surface area contributed by atoms with Gasteiger partial charge >= 0.3 is 0 Å². The van der Waals surface area contributed by atoms with Crippen molar-refractivity contribution in [2.75, 3.05) is 17.2 Å². The molecule has 7 heteroatoms. The fourth-order valence-electron chi connectivity index (χ4n) is 3.91. The minimum Gasteiger partial charge on any atom is -0.380 e. The van der Waals surface area contributed by atoms with Crippen LogP contribution in [0.15, 0.2) is 48.5 Å². The van der Waals surface area contributed by atoms with Crippen LogP contribution in [-0.4, -0.2) is 22.4 Å². The van der Waals surface area contributed by atoms with Crippen LogP contribution in [0, 0.1) is 6.92 Å². The maximum absolute atomic E-state index is 11.9. The predicted molar refractivity (Wildman–Crippen MR) is 122 cm³/mol. The zero-order chi connectivity index (χ0) is 20.7. The van der Waals surface area contributed by atoms with E-state index in [1.165, 1.54) is 5.56 Å². The van der Waals surface area contributed by atoms with E-state index in [0.29, 0.717) is 17.9 Å². The molecule has 2 aromatic heterocycles. The zero-order valence-electron chi connectivity index (χ0n) is 16.5. The van der Waals surface area contributed by atoms with Crippen molar-refractivity contribution in [2.45, 2.75) is 19.9 Å². The number of nitrogens with zero attached hydrogens (tertiary/aromatic N) is 2. The summed E-state index contributed by atoms with van der Waals surface area (Å²) in [6, 6.07) is 15.9. The first-order valence-electron chi connectivity index (χ1n) is 9.86. The van der Waals surface area contributed by atoms with Gasteiger partial charge in [0.1, 0.15) is 0 Å². The molecule has 0 fully saturated rings. The van der Waals surface area contributed by atoms with Crippen molar-refractivity contribution in [3.8, 4) is 11.4 Å². The number of aromatic nitrogens is 2. The molecule has 150 valence electrons. The molecular formula is C23H21N5OS. The second-order valence-corrected chi connectivity index (χ2v) is 8.54. The number of benzene rings is 2. The summed E-state index contributed by atoms with van der Waals surface area (Å²) < 4.78 is 0.888. The van der Waals surface area contributed by atoms with Crippen molar-refractivity contribution < 1.29 is 4.79 Å². The van der Waals surface area contributed by atoms with E-state index in [1.807, 2.05) is 37.3 Å². The number of fused-ring (bicyclic) bond motifs is 2. The van der Waals surface area contributed by atoms with Gasteiger partial charge in [-0.05, 0) is 18.6 Å². The number of carbonyl (C=O) groups is 1. The summed E-state index contributed by atoms with van der Waals surface area (Å²) in [5, 5.41) is 7.85. The van der Waals surface area contributed by atoms with Crippen LogP contribution in [0.25, 0.3) is 21.5 Å². The lowest BCUT2D eigenvalue weighted by Gasteiger charge is -2.13. The van der Waals surface area contributed by atoms with Gasteiger partial charge in [-0.1, -0.05) is 42.5 Å². The van der Waals surface area contributed by atoms with E-state index in [2.05, 4.69) is 22.8 Å². The van der Waals surface area contributed by atoms with Gasteiger partial charge in [0.05, 0.1) is 16.9 Å². The molecule has 2 aromatic carbocycles. The normalized spacial score (nSPS) is 12.6. The molecular weight excluding hydrogens is 394 g/mol. The summed E-state index contributed by atoms with van der Waals surface area (Å²) >= 11 is 1.56. The van der Waals surface area contributed by atoms with Gasteiger partial charge in [-0.25, -0.2) is 9.97 Å². The predicted octanol–water partition coefficient (Wildman–Crippen LogP) is 4.35. The van der Waals surface area contributed by atoms with E-state index in [9.17, 15) is 4.79 Å². The van der Waals surface area contributed by atoms with E-state index < -0.39 is 5.91 Å². The molecule has 6 nitrogen and oxygen atoms in total. The molecule has 30 heavy (non-hydrogen) atoms. The van der Waals surface area contributed by atoms with Gasteiger partial charge in [-0.15, -0.1) is 11.3 Å². The Bertz CT molecular complexity index is 1270. The molecule has 1 aliphatic rings. The molecule has 4 aromatic rings. The number of hydrogen-bond acceptors (Lipinski definition) is 6. The molecule has 0 spiro atoms.